The van der Waals surface area contributed by atoms with Gasteiger partial charge in [0.05, 0.1) is 12.0 Å². The SMILES string of the molecule is CCc1cc(S(=O)(=O)N2CC(C)CC(C)C2)ccc1OC. The minimum Gasteiger partial charge on any atom is -0.496 e. The van der Waals surface area contributed by atoms with Crippen molar-refractivity contribution in [1.29, 1.82) is 0 Å². The Labute approximate surface area is 128 Å². The molecule has 1 aromatic carbocycles. The molecule has 0 radical (unpaired) electrons. The summed E-state index contributed by atoms with van der Waals surface area (Å²) < 4.78 is 32.6. The summed E-state index contributed by atoms with van der Waals surface area (Å²) in [5, 5.41) is 0. The summed E-state index contributed by atoms with van der Waals surface area (Å²) in [4.78, 5) is 0.376. The van der Waals surface area contributed by atoms with Gasteiger partial charge in [0.15, 0.2) is 0 Å². The molecule has 1 fully saturated rings. The molecule has 5 heteroatoms. The fraction of sp³-hybridized carbons (Fsp3) is 0.625. The number of piperidine rings is 1. The van der Waals surface area contributed by atoms with Crippen LogP contribution < -0.4 is 4.74 Å². The summed E-state index contributed by atoms with van der Waals surface area (Å²) in [5.74, 6) is 1.57. The first-order chi connectivity index (χ1) is 9.88. The van der Waals surface area contributed by atoms with Crippen molar-refractivity contribution in [3.63, 3.8) is 0 Å². The van der Waals surface area contributed by atoms with Gasteiger partial charge in [0.1, 0.15) is 5.75 Å². The second-order valence-electron chi connectivity index (χ2n) is 6.10. The molecular weight excluding hydrogens is 286 g/mol. The molecule has 1 saturated heterocycles. The van der Waals surface area contributed by atoms with Crippen LogP contribution in [0.2, 0.25) is 0 Å². The topological polar surface area (TPSA) is 46.6 Å². The van der Waals surface area contributed by atoms with Crippen LogP contribution >= 0.6 is 0 Å². The highest BCUT2D eigenvalue weighted by molar-refractivity contribution is 7.89. The molecule has 1 aliphatic rings. The first kappa shape index (κ1) is 16.3. The third kappa shape index (κ3) is 3.40. The molecule has 21 heavy (non-hydrogen) atoms. The lowest BCUT2D eigenvalue weighted by atomic mass is 9.94. The number of benzene rings is 1. The van der Waals surface area contributed by atoms with Crippen LogP contribution in [0.5, 0.6) is 5.75 Å². The number of rotatable bonds is 4. The molecule has 0 amide bonds. The van der Waals surface area contributed by atoms with Crippen molar-refractivity contribution in [2.24, 2.45) is 11.8 Å². The minimum atomic E-state index is -3.41. The van der Waals surface area contributed by atoms with E-state index in [-0.39, 0.29) is 0 Å². The summed E-state index contributed by atoms with van der Waals surface area (Å²) in [7, 11) is -1.80. The van der Waals surface area contributed by atoms with Crippen LogP contribution in [0.4, 0.5) is 0 Å². The van der Waals surface area contributed by atoms with Crippen molar-refractivity contribution in [2.45, 2.75) is 38.5 Å². The second-order valence-corrected chi connectivity index (χ2v) is 8.03. The first-order valence-corrected chi connectivity index (χ1v) is 8.99. The van der Waals surface area contributed by atoms with Crippen molar-refractivity contribution < 1.29 is 13.2 Å². The van der Waals surface area contributed by atoms with E-state index in [0.29, 0.717) is 29.8 Å². The normalized spacial score (nSPS) is 24.0. The van der Waals surface area contributed by atoms with Gasteiger partial charge < -0.3 is 4.74 Å². The van der Waals surface area contributed by atoms with Crippen molar-refractivity contribution in [2.75, 3.05) is 20.2 Å². The summed E-state index contributed by atoms with van der Waals surface area (Å²) in [6.45, 7) is 7.45. The number of sulfonamides is 1. The monoisotopic (exact) mass is 311 g/mol. The van der Waals surface area contributed by atoms with Crippen molar-refractivity contribution in [3.05, 3.63) is 23.8 Å². The summed E-state index contributed by atoms with van der Waals surface area (Å²) in [6.07, 6.45) is 1.84. The predicted octanol–water partition coefficient (Wildman–Crippen LogP) is 2.92. The molecule has 0 bridgehead atoms. The molecule has 2 atom stereocenters. The molecule has 0 spiro atoms. The van der Waals surface area contributed by atoms with Gasteiger partial charge in [-0.25, -0.2) is 8.42 Å². The van der Waals surface area contributed by atoms with E-state index in [1.54, 1.807) is 29.6 Å². The van der Waals surface area contributed by atoms with Gasteiger partial charge in [0, 0.05) is 13.1 Å². The van der Waals surface area contributed by atoms with Crippen LogP contribution in [-0.4, -0.2) is 32.9 Å². The zero-order valence-electron chi connectivity index (χ0n) is 13.3. The Morgan fingerprint density at radius 1 is 1.24 bits per heavy atom. The average Bonchev–Trinajstić information content (AvgIpc) is 2.45. The summed E-state index contributed by atoms with van der Waals surface area (Å²) in [5.41, 5.74) is 0.927. The average molecular weight is 311 g/mol. The lowest BCUT2D eigenvalue weighted by Crippen LogP contribution is -2.42. The highest BCUT2D eigenvalue weighted by atomic mass is 32.2. The van der Waals surface area contributed by atoms with Crippen molar-refractivity contribution >= 4 is 10.0 Å². The molecule has 2 rings (SSSR count). The van der Waals surface area contributed by atoms with Gasteiger partial charge >= 0.3 is 0 Å². The second kappa shape index (κ2) is 6.36. The summed E-state index contributed by atoms with van der Waals surface area (Å²) in [6, 6.07) is 5.15. The molecule has 1 heterocycles. The van der Waals surface area contributed by atoms with Gasteiger partial charge in [0.25, 0.3) is 0 Å². The standard InChI is InChI=1S/C16H25NO3S/c1-5-14-9-15(6-7-16(14)20-4)21(18,19)17-10-12(2)8-13(3)11-17/h6-7,9,12-13H,5,8,10-11H2,1-4H3. The van der Waals surface area contributed by atoms with E-state index in [1.807, 2.05) is 6.92 Å². The molecule has 4 nitrogen and oxygen atoms in total. The van der Waals surface area contributed by atoms with Crippen LogP contribution in [0.15, 0.2) is 23.1 Å². The minimum absolute atomic E-state index is 0.376. The lowest BCUT2D eigenvalue weighted by Gasteiger charge is -2.34. The largest absolute Gasteiger partial charge is 0.496 e. The Kier molecular flexibility index (Phi) is 4.94. The van der Waals surface area contributed by atoms with E-state index in [4.69, 9.17) is 4.74 Å². The van der Waals surface area contributed by atoms with E-state index in [0.717, 1.165) is 24.2 Å². The van der Waals surface area contributed by atoms with Gasteiger partial charge in [-0.3, -0.25) is 0 Å². The maximum Gasteiger partial charge on any atom is 0.243 e. The smallest absolute Gasteiger partial charge is 0.243 e. The number of hydrogen-bond acceptors (Lipinski definition) is 3. The predicted molar refractivity (Wildman–Crippen MR) is 84.1 cm³/mol. The van der Waals surface area contributed by atoms with Gasteiger partial charge in [-0.15, -0.1) is 0 Å². The Morgan fingerprint density at radius 3 is 2.38 bits per heavy atom. The molecule has 0 aromatic heterocycles. The van der Waals surface area contributed by atoms with Crippen LogP contribution in [0.3, 0.4) is 0 Å². The molecule has 0 N–H and O–H groups in total. The molecule has 1 aromatic rings. The van der Waals surface area contributed by atoms with Crippen LogP contribution in [0, 0.1) is 11.8 Å². The zero-order chi connectivity index (χ0) is 15.6. The molecule has 118 valence electrons. The van der Waals surface area contributed by atoms with E-state index in [2.05, 4.69) is 13.8 Å². The fourth-order valence-corrected chi connectivity index (χ4v) is 4.87. The van der Waals surface area contributed by atoms with E-state index < -0.39 is 10.0 Å². The third-order valence-corrected chi connectivity index (χ3v) is 5.93. The molecule has 0 aliphatic carbocycles. The molecule has 0 saturated carbocycles. The number of hydrogen-bond donors (Lipinski definition) is 0. The number of ether oxygens (including phenoxy) is 1. The third-order valence-electron chi connectivity index (χ3n) is 4.11. The van der Waals surface area contributed by atoms with E-state index >= 15 is 0 Å². The Hall–Kier alpha value is -1.07. The van der Waals surface area contributed by atoms with Gasteiger partial charge in [0.2, 0.25) is 10.0 Å². The Balaban J connectivity index is 2.35. The van der Waals surface area contributed by atoms with Gasteiger partial charge in [-0.2, -0.15) is 4.31 Å². The van der Waals surface area contributed by atoms with Gasteiger partial charge in [-0.1, -0.05) is 20.8 Å². The molecular formula is C16H25NO3S. The van der Waals surface area contributed by atoms with Crippen LogP contribution in [-0.2, 0) is 16.4 Å². The highest BCUT2D eigenvalue weighted by Crippen LogP contribution is 2.29. The number of nitrogens with zero attached hydrogens (tertiary/aromatic N) is 1. The number of methoxy groups -OCH3 is 1. The summed E-state index contributed by atoms with van der Waals surface area (Å²) >= 11 is 0. The highest BCUT2D eigenvalue weighted by Gasteiger charge is 2.31. The van der Waals surface area contributed by atoms with Crippen molar-refractivity contribution in [3.8, 4) is 5.75 Å². The van der Waals surface area contributed by atoms with E-state index in [1.165, 1.54) is 0 Å². The van der Waals surface area contributed by atoms with Crippen LogP contribution in [0.25, 0.3) is 0 Å². The fourth-order valence-electron chi connectivity index (χ4n) is 3.14. The lowest BCUT2D eigenvalue weighted by molar-refractivity contribution is 0.222. The maximum atomic E-state index is 12.8. The van der Waals surface area contributed by atoms with E-state index in [9.17, 15) is 8.42 Å². The van der Waals surface area contributed by atoms with Crippen molar-refractivity contribution in [1.82, 2.24) is 4.31 Å². The van der Waals surface area contributed by atoms with Gasteiger partial charge in [-0.05, 0) is 48.4 Å². The molecule has 1 aliphatic heterocycles. The maximum absolute atomic E-state index is 12.8. The number of aryl methyl sites for hydroxylation is 1. The molecule has 2 unspecified atom stereocenters. The Bertz CT molecular complexity index is 588. The van der Waals surface area contributed by atoms with Crippen LogP contribution in [0.1, 0.15) is 32.8 Å². The quantitative estimate of drug-likeness (QED) is 0.859. The zero-order valence-corrected chi connectivity index (χ0v) is 14.1. The Morgan fingerprint density at radius 2 is 1.86 bits per heavy atom. The first-order valence-electron chi connectivity index (χ1n) is 7.55.